The van der Waals surface area contributed by atoms with E-state index in [-0.39, 0.29) is 25.5 Å². The average Bonchev–Trinajstić information content (AvgIpc) is 3.46. The van der Waals surface area contributed by atoms with Crippen LogP contribution in [-0.2, 0) is 4.74 Å². The fourth-order valence-electron chi connectivity index (χ4n) is 5.41. The Bertz CT molecular complexity index is 1550. The Kier molecular flexibility index (Phi) is 6.12. The van der Waals surface area contributed by atoms with E-state index in [2.05, 4.69) is 34.6 Å². The molecule has 0 aliphatic heterocycles. The van der Waals surface area contributed by atoms with Crippen molar-refractivity contribution in [3.8, 4) is 11.1 Å². The van der Waals surface area contributed by atoms with E-state index in [1.54, 1.807) is 0 Å². The molecular formula is C31H28N2O4. The number of H-pyrrole nitrogens is 1. The molecule has 0 saturated carbocycles. The van der Waals surface area contributed by atoms with Crippen LogP contribution in [0.4, 0.5) is 4.79 Å². The predicted octanol–water partition coefficient (Wildman–Crippen LogP) is 5.64. The molecule has 6 heteroatoms. The van der Waals surface area contributed by atoms with Gasteiger partial charge in [-0.15, -0.1) is 0 Å². The number of ether oxygens (including phenoxy) is 1. The standard InChI is InChI=1S/C31H28N2O4/c34-29(30(35)19-13-14-25-24-11-5-6-12-27(24)33-28(25)17-19)15-16-32-31(36)37-18-26-22-9-3-1-7-20(22)21-8-2-4-10-23(21)26/h1-14,17,26,29-30,33-35H,15-16,18H2,(H,32,36). The molecule has 5 aromatic rings. The van der Waals surface area contributed by atoms with Crippen LogP contribution in [0.1, 0.15) is 35.1 Å². The summed E-state index contributed by atoms with van der Waals surface area (Å²) < 4.78 is 5.55. The molecule has 0 saturated heterocycles. The van der Waals surface area contributed by atoms with Gasteiger partial charge in [-0.25, -0.2) is 4.79 Å². The summed E-state index contributed by atoms with van der Waals surface area (Å²) in [7, 11) is 0. The zero-order valence-corrected chi connectivity index (χ0v) is 20.2. The maximum atomic E-state index is 12.4. The number of aliphatic hydroxyl groups excluding tert-OH is 2. The molecule has 4 N–H and O–H groups in total. The van der Waals surface area contributed by atoms with Crippen LogP contribution in [0.5, 0.6) is 0 Å². The van der Waals surface area contributed by atoms with Gasteiger partial charge in [-0.3, -0.25) is 0 Å². The first-order valence-electron chi connectivity index (χ1n) is 12.6. The zero-order valence-electron chi connectivity index (χ0n) is 20.2. The van der Waals surface area contributed by atoms with Crippen LogP contribution in [0.15, 0.2) is 91.0 Å². The van der Waals surface area contributed by atoms with E-state index in [0.717, 1.165) is 32.9 Å². The maximum absolute atomic E-state index is 12.4. The fourth-order valence-corrected chi connectivity index (χ4v) is 5.41. The number of nitrogens with one attached hydrogen (secondary N) is 2. The first-order valence-corrected chi connectivity index (χ1v) is 12.6. The third-order valence-corrected chi connectivity index (χ3v) is 7.29. The van der Waals surface area contributed by atoms with Gasteiger partial charge in [0.1, 0.15) is 12.7 Å². The summed E-state index contributed by atoms with van der Waals surface area (Å²) in [6.07, 6.45) is -2.45. The largest absolute Gasteiger partial charge is 0.449 e. The Morgan fingerprint density at radius 2 is 1.49 bits per heavy atom. The summed E-state index contributed by atoms with van der Waals surface area (Å²) in [5.74, 6) is -0.00915. The van der Waals surface area contributed by atoms with Crippen LogP contribution in [0, 0.1) is 0 Å². The smallest absolute Gasteiger partial charge is 0.407 e. The number of amides is 1. The van der Waals surface area contributed by atoms with Crippen molar-refractivity contribution in [2.24, 2.45) is 0 Å². The molecule has 1 heterocycles. The summed E-state index contributed by atoms with van der Waals surface area (Å²) >= 11 is 0. The number of rotatable bonds is 7. The molecule has 6 nitrogen and oxygen atoms in total. The van der Waals surface area contributed by atoms with E-state index in [1.807, 2.05) is 66.7 Å². The molecule has 1 aliphatic carbocycles. The lowest BCUT2D eigenvalue weighted by Gasteiger charge is -2.19. The number of carbonyl (C=O) groups is 1. The summed E-state index contributed by atoms with van der Waals surface area (Å²) in [4.78, 5) is 15.7. The van der Waals surface area contributed by atoms with Crippen molar-refractivity contribution < 1.29 is 19.7 Å². The Labute approximate surface area is 214 Å². The number of hydrogen-bond donors (Lipinski definition) is 4. The highest BCUT2D eigenvalue weighted by atomic mass is 16.5. The van der Waals surface area contributed by atoms with Gasteiger partial charge < -0.3 is 25.3 Å². The lowest BCUT2D eigenvalue weighted by atomic mass is 9.98. The quantitative estimate of drug-likeness (QED) is 0.236. The first-order chi connectivity index (χ1) is 18.1. The second kappa shape index (κ2) is 9.73. The third kappa shape index (κ3) is 4.35. The minimum Gasteiger partial charge on any atom is -0.449 e. The SMILES string of the molecule is O=C(NCCC(O)C(O)c1ccc2c(c1)[nH]c1ccccc12)OCC1c2ccccc2-c2ccccc21. The van der Waals surface area contributed by atoms with Crippen LogP contribution < -0.4 is 5.32 Å². The first kappa shape index (κ1) is 23.3. The normalized spacial score (nSPS) is 14.3. The van der Waals surface area contributed by atoms with Crippen molar-refractivity contribution in [1.82, 2.24) is 10.3 Å². The van der Waals surface area contributed by atoms with Gasteiger partial charge in [0.05, 0.1) is 6.10 Å². The van der Waals surface area contributed by atoms with E-state index in [9.17, 15) is 15.0 Å². The van der Waals surface area contributed by atoms with Crippen molar-refractivity contribution in [1.29, 1.82) is 0 Å². The molecule has 0 spiro atoms. The minimum atomic E-state index is -1.07. The second-order valence-corrected chi connectivity index (χ2v) is 9.53. The van der Waals surface area contributed by atoms with Crippen molar-refractivity contribution in [2.75, 3.05) is 13.2 Å². The molecule has 4 aromatic carbocycles. The Hall–Kier alpha value is -4.13. The molecule has 37 heavy (non-hydrogen) atoms. The lowest BCUT2D eigenvalue weighted by molar-refractivity contribution is 0.0137. The van der Waals surface area contributed by atoms with E-state index >= 15 is 0 Å². The number of para-hydroxylation sites is 1. The average molecular weight is 493 g/mol. The molecule has 2 atom stereocenters. The molecule has 1 aromatic heterocycles. The second-order valence-electron chi connectivity index (χ2n) is 9.53. The Morgan fingerprint density at radius 3 is 2.24 bits per heavy atom. The number of aliphatic hydroxyl groups is 2. The van der Waals surface area contributed by atoms with Gasteiger partial charge >= 0.3 is 6.09 Å². The lowest BCUT2D eigenvalue weighted by Crippen LogP contribution is -2.30. The van der Waals surface area contributed by atoms with Crippen molar-refractivity contribution in [3.05, 3.63) is 108 Å². The number of hydrogen-bond acceptors (Lipinski definition) is 4. The predicted molar refractivity (Wildman–Crippen MR) is 144 cm³/mol. The molecule has 1 aliphatic rings. The highest BCUT2D eigenvalue weighted by molar-refractivity contribution is 6.07. The monoisotopic (exact) mass is 492 g/mol. The summed E-state index contributed by atoms with van der Waals surface area (Å²) in [5, 5.41) is 26.2. The van der Waals surface area contributed by atoms with E-state index in [4.69, 9.17) is 4.74 Å². The highest BCUT2D eigenvalue weighted by Gasteiger charge is 2.29. The maximum Gasteiger partial charge on any atom is 0.407 e. The van der Waals surface area contributed by atoms with Gasteiger partial charge in [0.25, 0.3) is 0 Å². The van der Waals surface area contributed by atoms with E-state index < -0.39 is 18.3 Å². The van der Waals surface area contributed by atoms with Crippen molar-refractivity contribution >= 4 is 27.9 Å². The molecule has 0 radical (unpaired) electrons. The van der Waals surface area contributed by atoms with Crippen LogP contribution in [0.3, 0.4) is 0 Å². The zero-order chi connectivity index (χ0) is 25.4. The topological polar surface area (TPSA) is 94.6 Å². The van der Waals surface area contributed by atoms with Gasteiger partial charge in [-0.2, -0.15) is 0 Å². The van der Waals surface area contributed by atoms with Crippen LogP contribution >= 0.6 is 0 Å². The highest BCUT2D eigenvalue weighted by Crippen LogP contribution is 2.44. The molecule has 0 bridgehead atoms. The van der Waals surface area contributed by atoms with Gasteiger partial charge in [0.15, 0.2) is 0 Å². The molecule has 0 fully saturated rings. The number of fused-ring (bicyclic) bond motifs is 6. The van der Waals surface area contributed by atoms with Gasteiger partial charge in [-0.1, -0.05) is 78.9 Å². The molecule has 6 rings (SSSR count). The molecule has 186 valence electrons. The van der Waals surface area contributed by atoms with Crippen LogP contribution in [0.2, 0.25) is 0 Å². The van der Waals surface area contributed by atoms with Crippen molar-refractivity contribution in [2.45, 2.75) is 24.5 Å². The number of aromatic amines is 1. The van der Waals surface area contributed by atoms with Crippen LogP contribution in [-0.4, -0.2) is 40.5 Å². The minimum absolute atomic E-state index is 0.00915. The number of carbonyl (C=O) groups excluding carboxylic acids is 1. The van der Waals surface area contributed by atoms with Gasteiger partial charge in [0.2, 0.25) is 0 Å². The van der Waals surface area contributed by atoms with E-state index in [1.165, 1.54) is 11.1 Å². The summed E-state index contributed by atoms with van der Waals surface area (Å²) in [5.41, 5.74) is 7.21. The number of aromatic nitrogens is 1. The summed E-state index contributed by atoms with van der Waals surface area (Å²) in [6.45, 7) is 0.416. The third-order valence-electron chi connectivity index (χ3n) is 7.29. The van der Waals surface area contributed by atoms with Crippen molar-refractivity contribution in [3.63, 3.8) is 0 Å². The van der Waals surface area contributed by atoms with Gasteiger partial charge in [0, 0.05) is 34.3 Å². The fraction of sp³-hybridized carbons (Fsp3) is 0.194. The summed E-state index contributed by atoms with van der Waals surface area (Å²) in [6, 6.07) is 30.0. The van der Waals surface area contributed by atoms with E-state index in [0.29, 0.717) is 5.56 Å². The number of alkyl carbamates (subject to hydrolysis) is 1. The molecule has 1 amide bonds. The Morgan fingerprint density at radius 1 is 0.838 bits per heavy atom. The number of benzene rings is 4. The van der Waals surface area contributed by atoms with Gasteiger partial charge in [-0.05, 0) is 46.4 Å². The molecular weight excluding hydrogens is 464 g/mol. The Balaban J connectivity index is 1.03. The molecule has 2 unspecified atom stereocenters. The van der Waals surface area contributed by atoms with Crippen LogP contribution in [0.25, 0.3) is 32.9 Å².